The van der Waals surface area contributed by atoms with E-state index in [4.69, 9.17) is 16.3 Å². The summed E-state index contributed by atoms with van der Waals surface area (Å²) in [6.07, 6.45) is 4.75. The van der Waals surface area contributed by atoms with Crippen LogP contribution >= 0.6 is 11.6 Å². The van der Waals surface area contributed by atoms with Gasteiger partial charge in [-0.1, -0.05) is 30.2 Å². The molecule has 0 amide bonds. The van der Waals surface area contributed by atoms with Crippen molar-refractivity contribution in [3.05, 3.63) is 34.9 Å². The molecule has 94 valence electrons. The second kappa shape index (κ2) is 5.85. The molecule has 17 heavy (non-hydrogen) atoms. The summed E-state index contributed by atoms with van der Waals surface area (Å²) < 4.78 is 5.39. The van der Waals surface area contributed by atoms with E-state index >= 15 is 0 Å². The number of hydrogen-bond acceptors (Lipinski definition) is 2. The maximum atomic E-state index is 5.91. The van der Waals surface area contributed by atoms with Gasteiger partial charge in [-0.2, -0.15) is 0 Å². The normalized spacial score (nSPS) is 24.8. The summed E-state index contributed by atoms with van der Waals surface area (Å²) in [6.45, 7) is 1.87. The van der Waals surface area contributed by atoms with Crippen LogP contribution in [0.5, 0.6) is 0 Å². The minimum absolute atomic E-state index is 0.112. The second-order valence-corrected chi connectivity index (χ2v) is 5.34. The lowest BCUT2D eigenvalue weighted by Gasteiger charge is -2.38. The zero-order valence-electron chi connectivity index (χ0n) is 10.3. The molecule has 0 saturated carbocycles. The summed E-state index contributed by atoms with van der Waals surface area (Å²) in [5.41, 5.74) is 1.43. The number of ether oxygens (including phenoxy) is 1. The monoisotopic (exact) mass is 253 g/mol. The molecule has 0 aromatic heterocycles. The quantitative estimate of drug-likeness (QED) is 0.891. The minimum Gasteiger partial charge on any atom is -0.383 e. The van der Waals surface area contributed by atoms with E-state index in [1.54, 1.807) is 7.11 Å². The Morgan fingerprint density at radius 2 is 2.06 bits per heavy atom. The molecule has 1 fully saturated rings. The lowest BCUT2D eigenvalue weighted by Crippen LogP contribution is -2.53. The van der Waals surface area contributed by atoms with Gasteiger partial charge in [0.05, 0.1) is 6.61 Å². The van der Waals surface area contributed by atoms with Gasteiger partial charge in [-0.25, -0.2) is 0 Å². The zero-order valence-corrected chi connectivity index (χ0v) is 11.1. The van der Waals surface area contributed by atoms with Crippen LogP contribution < -0.4 is 5.32 Å². The topological polar surface area (TPSA) is 21.3 Å². The van der Waals surface area contributed by atoms with Gasteiger partial charge in [0.1, 0.15) is 0 Å². The molecule has 1 aliphatic heterocycles. The van der Waals surface area contributed by atoms with Crippen molar-refractivity contribution in [1.29, 1.82) is 0 Å². The van der Waals surface area contributed by atoms with Crippen molar-refractivity contribution in [2.24, 2.45) is 0 Å². The van der Waals surface area contributed by atoms with Crippen LogP contribution in [0.3, 0.4) is 0 Å². The minimum atomic E-state index is 0.112. The maximum Gasteiger partial charge on any atom is 0.0647 e. The average molecular weight is 254 g/mol. The summed E-state index contributed by atoms with van der Waals surface area (Å²) in [4.78, 5) is 0. The predicted octanol–water partition coefficient (Wildman–Crippen LogP) is 3.04. The highest BCUT2D eigenvalue weighted by Crippen LogP contribution is 2.25. The molecule has 2 rings (SSSR count). The third kappa shape index (κ3) is 3.44. The summed E-state index contributed by atoms with van der Waals surface area (Å²) in [6, 6.07) is 8.13. The molecule has 1 aromatic carbocycles. The molecular formula is C14H20ClNO. The van der Waals surface area contributed by atoms with Gasteiger partial charge < -0.3 is 10.1 Å². The van der Waals surface area contributed by atoms with E-state index in [-0.39, 0.29) is 5.54 Å². The number of rotatable bonds is 4. The highest BCUT2D eigenvalue weighted by atomic mass is 35.5. The van der Waals surface area contributed by atoms with Crippen molar-refractivity contribution in [2.75, 3.05) is 20.3 Å². The van der Waals surface area contributed by atoms with Gasteiger partial charge in [0.15, 0.2) is 0 Å². The third-order valence-electron chi connectivity index (χ3n) is 3.46. The van der Waals surface area contributed by atoms with Crippen molar-refractivity contribution in [3.8, 4) is 0 Å². The molecule has 1 unspecified atom stereocenters. The van der Waals surface area contributed by atoms with E-state index < -0.39 is 0 Å². The van der Waals surface area contributed by atoms with Crippen molar-refractivity contribution in [2.45, 2.75) is 31.2 Å². The van der Waals surface area contributed by atoms with E-state index in [1.807, 2.05) is 12.1 Å². The molecule has 1 heterocycles. The molecule has 0 bridgehead atoms. The maximum absolute atomic E-state index is 5.91. The smallest absolute Gasteiger partial charge is 0.0647 e. The molecule has 1 saturated heterocycles. The zero-order chi connectivity index (χ0) is 12.1. The van der Waals surface area contributed by atoms with Crippen molar-refractivity contribution in [3.63, 3.8) is 0 Å². The van der Waals surface area contributed by atoms with Gasteiger partial charge in [0.2, 0.25) is 0 Å². The van der Waals surface area contributed by atoms with Crippen LogP contribution in [-0.4, -0.2) is 25.8 Å². The van der Waals surface area contributed by atoms with Gasteiger partial charge in [0.25, 0.3) is 0 Å². The van der Waals surface area contributed by atoms with E-state index in [0.29, 0.717) is 0 Å². The summed E-state index contributed by atoms with van der Waals surface area (Å²) in [5, 5.41) is 4.44. The number of nitrogens with one attached hydrogen (secondary N) is 1. The van der Waals surface area contributed by atoms with Crippen molar-refractivity contribution < 1.29 is 4.74 Å². The fraction of sp³-hybridized carbons (Fsp3) is 0.571. The Hall–Kier alpha value is -0.570. The summed E-state index contributed by atoms with van der Waals surface area (Å²) >= 11 is 5.91. The first kappa shape index (κ1) is 12.9. The van der Waals surface area contributed by atoms with Gasteiger partial charge in [0, 0.05) is 17.7 Å². The highest BCUT2D eigenvalue weighted by Gasteiger charge is 2.31. The number of piperidine rings is 1. The standard InChI is InChI=1S/C14H20ClNO/c1-17-11-14(8-2-3-9-16-14)10-12-4-6-13(15)7-5-12/h4-7,16H,2-3,8-11H2,1H3. The van der Waals surface area contributed by atoms with Crippen molar-refractivity contribution >= 4 is 11.6 Å². The lowest BCUT2D eigenvalue weighted by atomic mass is 9.84. The van der Waals surface area contributed by atoms with Gasteiger partial charge in [-0.05, 0) is 43.5 Å². The van der Waals surface area contributed by atoms with Crippen LogP contribution in [0.2, 0.25) is 5.02 Å². The van der Waals surface area contributed by atoms with E-state index in [1.165, 1.54) is 24.8 Å². The number of methoxy groups -OCH3 is 1. The molecule has 1 aromatic rings. The molecule has 0 spiro atoms. The predicted molar refractivity (Wildman–Crippen MR) is 71.6 cm³/mol. The second-order valence-electron chi connectivity index (χ2n) is 4.90. The fourth-order valence-corrected chi connectivity index (χ4v) is 2.75. The van der Waals surface area contributed by atoms with E-state index in [9.17, 15) is 0 Å². The van der Waals surface area contributed by atoms with Crippen LogP contribution in [0.15, 0.2) is 24.3 Å². The third-order valence-corrected chi connectivity index (χ3v) is 3.71. The van der Waals surface area contributed by atoms with E-state index in [2.05, 4.69) is 17.4 Å². The Labute approximate surface area is 108 Å². The Bertz CT molecular complexity index is 338. The number of halogens is 1. The molecule has 1 atom stereocenters. The number of benzene rings is 1. The molecular weight excluding hydrogens is 234 g/mol. The highest BCUT2D eigenvalue weighted by molar-refractivity contribution is 6.30. The largest absolute Gasteiger partial charge is 0.383 e. The molecule has 3 heteroatoms. The van der Waals surface area contributed by atoms with Gasteiger partial charge >= 0.3 is 0 Å². The van der Waals surface area contributed by atoms with Crippen LogP contribution in [0, 0.1) is 0 Å². The van der Waals surface area contributed by atoms with Crippen LogP contribution in [0.1, 0.15) is 24.8 Å². The molecule has 1 N–H and O–H groups in total. The first-order valence-corrected chi connectivity index (χ1v) is 6.60. The molecule has 1 aliphatic rings. The molecule has 2 nitrogen and oxygen atoms in total. The first-order chi connectivity index (χ1) is 8.24. The molecule has 0 radical (unpaired) electrons. The Morgan fingerprint density at radius 1 is 1.29 bits per heavy atom. The fourth-order valence-electron chi connectivity index (χ4n) is 2.62. The Morgan fingerprint density at radius 3 is 2.65 bits per heavy atom. The van der Waals surface area contributed by atoms with Gasteiger partial charge in [-0.15, -0.1) is 0 Å². The Kier molecular flexibility index (Phi) is 4.43. The van der Waals surface area contributed by atoms with E-state index in [0.717, 1.165) is 24.6 Å². The SMILES string of the molecule is COCC1(Cc2ccc(Cl)cc2)CCCCN1. The molecule has 0 aliphatic carbocycles. The average Bonchev–Trinajstić information content (AvgIpc) is 2.34. The van der Waals surface area contributed by atoms with Crippen molar-refractivity contribution in [1.82, 2.24) is 5.32 Å². The summed E-state index contributed by atoms with van der Waals surface area (Å²) in [7, 11) is 1.78. The van der Waals surface area contributed by atoms with Crippen LogP contribution in [-0.2, 0) is 11.2 Å². The Balaban J connectivity index is 2.08. The lowest BCUT2D eigenvalue weighted by molar-refractivity contribution is 0.0894. The van der Waals surface area contributed by atoms with Crippen LogP contribution in [0.25, 0.3) is 0 Å². The summed E-state index contributed by atoms with van der Waals surface area (Å²) in [5.74, 6) is 0. The van der Waals surface area contributed by atoms with Gasteiger partial charge in [-0.3, -0.25) is 0 Å². The van der Waals surface area contributed by atoms with Crippen LogP contribution in [0.4, 0.5) is 0 Å². The first-order valence-electron chi connectivity index (χ1n) is 6.23. The number of hydrogen-bond donors (Lipinski definition) is 1.